The van der Waals surface area contributed by atoms with Crippen molar-refractivity contribution in [2.75, 3.05) is 44.4 Å². The minimum atomic E-state index is -0.382. The lowest BCUT2D eigenvalue weighted by Crippen LogP contribution is -2.37. The highest BCUT2D eigenvalue weighted by Gasteiger charge is 2.37. The van der Waals surface area contributed by atoms with E-state index in [9.17, 15) is 9.59 Å². The average molecular weight is 438 g/mol. The molecule has 0 aromatic heterocycles. The molecule has 0 N–H and O–H groups in total. The number of carbonyl (C=O) groups excluding carboxylic acids is 2. The number of rotatable bonds is 5. The lowest BCUT2D eigenvalue weighted by Gasteiger charge is -2.26. The lowest BCUT2D eigenvalue weighted by atomic mass is 10.1. The Morgan fingerprint density at radius 3 is 2.25 bits per heavy atom. The normalized spacial score (nSPS) is 19.1. The van der Waals surface area contributed by atoms with Gasteiger partial charge in [-0.1, -0.05) is 6.07 Å². The summed E-state index contributed by atoms with van der Waals surface area (Å²) in [6.07, 6.45) is 0.199. The van der Waals surface area contributed by atoms with Crippen LogP contribution in [0.5, 0.6) is 23.0 Å². The second-order valence-electron chi connectivity index (χ2n) is 8.06. The third-order valence-electron chi connectivity index (χ3n) is 5.99. The summed E-state index contributed by atoms with van der Waals surface area (Å²) in [5, 5.41) is 0. The molecular weight excluding hydrogens is 412 g/mol. The van der Waals surface area contributed by atoms with Gasteiger partial charge in [-0.15, -0.1) is 0 Å². The number of ether oxygens (including phenoxy) is 4. The molecule has 0 saturated carbocycles. The second-order valence-corrected chi connectivity index (χ2v) is 8.06. The molecule has 8 heteroatoms. The van der Waals surface area contributed by atoms with E-state index in [1.54, 1.807) is 9.80 Å². The predicted octanol–water partition coefficient (Wildman–Crippen LogP) is 2.63. The molecule has 2 aromatic rings. The molecule has 2 amide bonds. The van der Waals surface area contributed by atoms with Crippen molar-refractivity contribution >= 4 is 17.5 Å². The van der Waals surface area contributed by atoms with E-state index in [2.05, 4.69) is 0 Å². The maximum Gasteiger partial charge on any atom is 0.228 e. The fraction of sp³-hybridized carbons (Fsp3) is 0.417. The van der Waals surface area contributed by atoms with Gasteiger partial charge in [-0.2, -0.15) is 0 Å². The van der Waals surface area contributed by atoms with Crippen LogP contribution in [0.1, 0.15) is 18.9 Å². The first-order valence-corrected chi connectivity index (χ1v) is 11.0. The van der Waals surface area contributed by atoms with E-state index >= 15 is 0 Å². The number of carbonyl (C=O) groups is 2. The van der Waals surface area contributed by atoms with Crippen LogP contribution in [0, 0.1) is 5.92 Å². The number of fused-ring (bicyclic) bond motifs is 2. The fourth-order valence-electron chi connectivity index (χ4n) is 4.33. The first kappa shape index (κ1) is 20.5. The van der Waals surface area contributed by atoms with Gasteiger partial charge in [0.05, 0.1) is 5.92 Å². The van der Waals surface area contributed by atoms with Gasteiger partial charge < -0.3 is 28.7 Å². The number of hydrogen-bond acceptors (Lipinski definition) is 6. The van der Waals surface area contributed by atoms with Crippen molar-refractivity contribution in [3.8, 4) is 23.0 Å². The Kier molecular flexibility index (Phi) is 5.51. The molecule has 32 heavy (non-hydrogen) atoms. The zero-order valence-corrected chi connectivity index (χ0v) is 18.0. The van der Waals surface area contributed by atoms with E-state index in [1.807, 2.05) is 43.3 Å². The van der Waals surface area contributed by atoms with Gasteiger partial charge >= 0.3 is 0 Å². The van der Waals surface area contributed by atoms with Crippen molar-refractivity contribution in [1.29, 1.82) is 0 Å². The first-order chi connectivity index (χ1) is 15.6. The predicted molar refractivity (Wildman–Crippen MR) is 116 cm³/mol. The third kappa shape index (κ3) is 3.92. The minimum Gasteiger partial charge on any atom is -0.486 e. The Hall–Kier alpha value is -3.42. The SMILES string of the molecule is CCN(Cc1ccc2c(c1)OCCO2)C(=O)C1CC(=O)N(c2ccc3c(c2)OCCO3)C1. The molecule has 0 bridgehead atoms. The Labute approximate surface area is 186 Å². The summed E-state index contributed by atoms with van der Waals surface area (Å²) in [6, 6.07) is 11.2. The molecule has 1 fully saturated rings. The molecule has 5 rings (SSSR count). The number of nitrogens with zero attached hydrogens (tertiary/aromatic N) is 2. The Balaban J connectivity index is 1.28. The van der Waals surface area contributed by atoms with E-state index in [-0.39, 0.29) is 24.2 Å². The van der Waals surface area contributed by atoms with Gasteiger partial charge in [0.15, 0.2) is 23.0 Å². The van der Waals surface area contributed by atoms with Gasteiger partial charge in [-0.25, -0.2) is 0 Å². The van der Waals surface area contributed by atoms with Crippen LogP contribution in [0.2, 0.25) is 0 Å². The van der Waals surface area contributed by atoms with Gasteiger partial charge in [0.1, 0.15) is 26.4 Å². The van der Waals surface area contributed by atoms with E-state index in [0.717, 1.165) is 17.0 Å². The zero-order chi connectivity index (χ0) is 22.1. The van der Waals surface area contributed by atoms with Gasteiger partial charge in [0, 0.05) is 37.8 Å². The molecule has 0 radical (unpaired) electrons. The number of benzene rings is 2. The fourth-order valence-corrected chi connectivity index (χ4v) is 4.33. The van der Waals surface area contributed by atoms with E-state index in [0.29, 0.717) is 63.3 Å². The lowest BCUT2D eigenvalue weighted by molar-refractivity contribution is -0.136. The van der Waals surface area contributed by atoms with E-state index in [4.69, 9.17) is 18.9 Å². The maximum absolute atomic E-state index is 13.3. The van der Waals surface area contributed by atoms with Gasteiger partial charge in [-0.3, -0.25) is 9.59 Å². The summed E-state index contributed by atoms with van der Waals surface area (Å²) < 4.78 is 22.4. The molecule has 0 spiro atoms. The monoisotopic (exact) mass is 438 g/mol. The van der Waals surface area contributed by atoms with Crippen LogP contribution in [0.15, 0.2) is 36.4 Å². The highest BCUT2D eigenvalue weighted by molar-refractivity contribution is 6.00. The van der Waals surface area contributed by atoms with Crippen LogP contribution in [0.3, 0.4) is 0 Å². The van der Waals surface area contributed by atoms with Crippen LogP contribution < -0.4 is 23.8 Å². The number of amides is 2. The Morgan fingerprint density at radius 2 is 1.56 bits per heavy atom. The van der Waals surface area contributed by atoms with Crippen molar-refractivity contribution in [1.82, 2.24) is 4.90 Å². The topological polar surface area (TPSA) is 77.5 Å². The smallest absolute Gasteiger partial charge is 0.228 e. The summed E-state index contributed by atoms with van der Waals surface area (Å²) in [7, 11) is 0. The molecule has 2 aromatic carbocycles. The molecule has 3 aliphatic rings. The highest BCUT2D eigenvalue weighted by Crippen LogP contribution is 2.36. The van der Waals surface area contributed by atoms with Crippen LogP contribution >= 0.6 is 0 Å². The molecule has 168 valence electrons. The van der Waals surface area contributed by atoms with E-state index < -0.39 is 0 Å². The van der Waals surface area contributed by atoms with Gasteiger partial charge in [0.2, 0.25) is 11.8 Å². The van der Waals surface area contributed by atoms with Gasteiger partial charge in [0.25, 0.3) is 0 Å². The van der Waals surface area contributed by atoms with Crippen molar-refractivity contribution in [3.05, 3.63) is 42.0 Å². The van der Waals surface area contributed by atoms with Crippen LogP contribution in [0.25, 0.3) is 0 Å². The van der Waals surface area contributed by atoms with Crippen molar-refractivity contribution in [2.24, 2.45) is 5.92 Å². The van der Waals surface area contributed by atoms with Gasteiger partial charge in [-0.05, 0) is 36.8 Å². The third-order valence-corrected chi connectivity index (χ3v) is 5.99. The zero-order valence-electron chi connectivity index (χ0n) is 18.0. The number of hydrogen-bond donors (Lipinski definition) is 0. The molecule has 0 aliphatic carbocycles. The average Bonchev–Trinajstić information content (AvgIpc) is 3.23. The first-order valence-electron chi connectivity index (χ1n) is 11.0. The van der Waals surface area contributed by atoms with Crippen molar-refractivity contribution < 1.29 is 28.5 Å². The summed E-state index contributed by atoms with van der Waals surface area (Å²) in [5.41, 5.74) is 1.70. The van der Waals surface area contributed by atoms with E-state index in [1.165, 1.54) is 0 Å². The molecule has 8 nitrogen and oxygen atoms in total. The highest BCUT2D eigenvalue weighted by atomic mass is 16.6. The summed E-state index contributed by atoms with van der Waals surface area (Å²) in [6.45, 7) is 5.38. The summed E-state index contributed by atoms with van der Waals surface area (Å²) >= 11 is 0. The van der Waals surface area contributed by atoms with Crippen LogP contribution in [-0.4, -0.2) is 56.2 Å². The summed E-state index contributed by atoms with van der Waals surface area (Å²) in [5.74, 6) is 2.28. The van der Waals surface area contributed by atoms with Crippen molar-refractivity contribution in [3.63, 3.8) is 0 Å². The molecule has 1 unspecified atom stereocenters. The second kappa shape index (κ2) is 8.61. The van der Waals surface area contributed by atoms with Crippen molar-refractivity contribution in [2.45, 2.75) is 19.9 Å². The maximum atomic E-state index is 13.3. The standard InChI is InChI=1S/C24H26N2O6/c1-2-25(14-16-3-5-19-21(11-16)31-9-7-29-19)24(28)17-12-23(27)26(15-17)18-4-6-20-22(13-18)32-10-8-30-20/h3-6,11,13,17H,2,7-10,12,14-15H2,1H3. The summed E-state index contributed by atoms with van der Waals surface area (Å²) in [4.78, 5) is 29.5. The Morgan fingerprint density at radius 1 is 0.938 bits per heavy atom. The number of anilines is 1. The molecule has 1 saturated heterocycles. The largest absolute Gasteiger partial charge is 0.486 e. The molecule has 3 heterocycles. The molecular formula is C24H26N2O6. The minimum absolute atomic E-state index is 0.0178. The van der Waals surface area contributed by atoms with Crippen LogP contribution in [-0.2, 0) is 16.1 Å². The Bertz CT molecular complexity index is 1040. The quantitative estimate of drug-likeness (QED) is 0.714. The molecule has 3 aliphatic heterocycles. The van der Waals surface area contributed by atoms with Crippen LogP contribution in [0.4, 0.5) is 5.69 Å². The molecule has 1 atom stereocenters.